The fourth-order valence-corrected chi connectivity index (χ4v) is 6.25. The maximum atomic E-state index is 2.33. The molecule has 1 aliphatic rings. The zero-order valence-corrected chi connectivity index (χ0v) is 16.5. The van der Waals surface area contributed by atoms with Gasteiger partial charge in [0, 0.05) is 5.92 Å². The minimum absolute atomic E-state index is 0.366. The van der Waals surface area contributed by atoms with Crippen molar-refractivity contribution in [3.05, 3.63) is 132 Å². The third kappa shape index (κ3) is 3.21. The Kier molecular flexibility index (Phi) is 4.65. The molecule has 0 N–H and O–H groups in total. The van der Waals surface area contributed by atoms with Gasteiger partial charge in [0.25, 0.3) is 0 Å². The average Bonchev–Trinajstić information content (AvgIpc) is 3.20. The van der Waals surface area contributed by atoms with Crippen LogP contribution in [0.25, 0.3) is 6.08 Å². The summed E-state index contributed by atoms with van der Waals surface area (Å²) in [6.45, 7) is 0. The number of hydrogen-bond acceptors (Lipinski definition) is 0. The minimum atomic E-state index is -0.541. The standard InChI is InChI=1S/C27H21P/c1-3-10-23(11-4-1)28(24-12-5-2-6-13-24)25-18-15-22(16-19-25)27-20-17-21-9-7-8-14-26(21)27/h1-20,27H. The van der Waals surface area contributed by atoms with E-state index >= 15 is 0 Å². The first-order valence-corrected chi connectivity index (χ1v) is 11.0. The van der Waals surface area contributed by atoms with Gasteiger partial charge in [-0.15, -0.1) is 0 Å². The lowest BCUT2D eigenvalue weighted by Crippen LogP contribution is -2.20. The Labute approximate surface area is 168 Å². The van der Waals surface area contributed by atoms with Crippen molar-refractivity contribution in [2.75, 3.05) is 0 Å². The number of rotatable bonds is 4. The maximum absolute atomic E-state index is 2.33. The molecule has 28 heavy (non-hydrogen) atoms. The summed E-state index contributed by atoms with van der Waals surface area (Å²) in [6, 6.07) is 39.7. The van der Waals surface area contributed by atoms with Crippen LogP contribution in [0.15, 0.2) is 115 Å². The molecular weight excluding hydrogens is 355 g/mol. The Bertz CT molecular complexity index is 1060. The third-order valence-electron chi connectivity index (χ3n) is 5.34. The molecule has 5 rings (SSSR count). The Morgan fingerprint density at radius 2 is 1.04 bits per heavy atom. The van der Waals surface area contributed by atoms with Crippen LogP contribution in [0.5, 0.6) is 0 Å². The summed E-state index contributed by atoms with van der Waals surface area (Å²) in [4.78, 5) is 0. The van der Waals surface area contributed by atoms with Crippen LogP contribution in [0.1, 0.15) is 22.6 Å². The summed E-state index contributed by atoms with van der Waals surface area (Å²) in [6.07, 6.45) is 4.56. The van der Waals surface area contributed by atoms with Crippen molar-refractivity contribution >= 4 is 29.9 Å². The average molecular weight is 376 g/mol. The molecule has 4 aromatic carbocycles. The zero-order valence-electron chi connectivity index (χ0n) is 15.6. The van der Waals surface area contributed by atoms with Gasteiger partial charge < -0.3 is 0 Å². The van der Waals surface area contributed by atoms with Crippen LogP contribution in [0.2, 0.25) is 0 Å². The molecule has 0 bridgehead atoms. The van der Waals surface area contributed by atoms with E-state index < -0.39 is 7.92 Å². The largest absolute Gasteiger partial charge is 0.0720 e. The molecule has 4 aromatic rings. The molecule has 1 heteroatoms. The second-order valence-electron chi connectivity index (χ2n) is 7.06. The molecule has 0 fully saturated rings. The Morgan fingerprint density at radius 3 is 1.68 bits per heavy atom. The zero-order chi connectivity index (χ0) is 18.8. The lowest BCUT2D eigenvalue weighted by Gasteiger charge is -2.20. The molecule has 1 unspecified atom stereocenters. The predicted molar refractivity (Wildman–Crippen MR) is 122 cm³/mol. The molecule has 0 spiro atoms. The molecule has 0 saturated carbocycles. The van der Waals surface area contributed by atoms with E-state index in [0.29, 0.717) is 5.92 Å². The molecule has 134 valence electrons. The molecule has 0 aliphatic heterocycles. The summed E-state index contributed by atoms with van der Waals surface area (Å²) >= 11 is 0. The number of hydrogen-bond donors (Lipinski definition) is 0. The van der Waals surface area contributed by atoms with Crippen LogP contribution < -0.4 is 15.9 Å². The molecule has 0 amide bonds. The van der Waals surface area contributed by atoms with E-state index in [2.05, 4.69) is 121 Å². The molecule has 0 heterocycles. The number of benzene rings is 4. The first-order valence-electron chi connectivity index (χ1n) is 9.67. The molecule has 0 radical (unpaired) electrons. The Balaban J connectivity index is 1.52. The lowest BCUT2D eigenvalue weighted by atomic mass is 9.93. The van der Waals surface area contributed by atoms with Gasteiger partial charge >= 0.3 is 0 Å². The summed E-state index contributed by atoms with van der Waals surface area (Å²) in [5, 5.41) is 4.18. The van der Waals surface area contributed by atoms with Crippen molar-refractivity contribution in [1.29, 1.82) is 0 Å². The first kappa shape index (κ1) is 17.2. The molecule has 0 saturated heterocycles. The van der Waals surface area contributed by atoms with Crippen LogP contribution >= 0.6 is 7.92 Å². The van der Waals surface area contributed by atoms with Gasteiger partial charge in [-0.3, -0.25) is 0 Å². The van der Waals surface area contributed by atoms with E-state index in [1.165, 1.54) is 32.6 Å². The van der Waals surface area contributed by atoms with Gasteiger partial charge in [-0.05, 0) is 40.5 Å². The van der Waals surface area contributed by atoms with Crippen molar-refractivity contribution in [3.8, 4) is 0 Å². The van der Waals surface area contributed by atoms with Crippen LogP contribution in [0.4, 0.5) is 0 Å². The van der Waals surface area contributed by atoms with E-state index in [9.17, 15) is 0 Å². The molecule has 1 aliphatic carbocycles. The van der Waals surface area contributed by atoms with Gasteiger partial charge in [-0.25, -0.2) is 0 Å². The fraction of sp³-hybridized carbons (Fsp3) is 0.0370. The quantitative estimate of drug-likeness (QED) is 0.407. The molecular formula is C27H21P. The topological polar surface area (TPSA) is 0 Å². The number of fused-ring (bicyclic) bond motifs is 1. The van der Waals surface area contributed by atoms with Crippen LogP contribution in [0, 0.1) is 0 Å². The van der Waals surface area contributed by atoms with Crippen LogP contribution in [-0.4, -0.2) is 0 Å². The van der Waals surface area contributed by atoms with Gasteiger partial charge in [0.15, 0.2) is 0 Å². The highest BCUT2D eigenvalue weighted by atomic mass is 31.1. The Hall–Kier alpha value is -2.95. The van der Waals surface area contributed by atoms with E-state index in [0.717, 1.165) is 0 Å². The van der Waals surface area contributed by atoms with E-state index in [1.807, 2.05) is 0 Å². The summed E-state index contributed by atoms with van der Waals surface area (Å²) in [5.74, 6) is 0.366. The van der Waals surface area contributed by atoms with E-state index in [4.69, 9.17) is 0 Å². The van der Waals surface area contributed by atoms with Crippen LogP contribution in [-0.2, 0) is 0 Å². The summed E-state index contributed by atoms with van der Waals surface area (Å²) in [5.41, 5.74) is 4.11. The molecule has 0 aromatic heterocycles. The predicted octanol–water partition coefficient (Wildman–Crippen LogP) is 5.60. The fourth-order valence-electron chi connectivity index (χ4n) is 3.97. The second-order valence-corrected chi connectivity index (χ2v) is 9.28. The summed E-state index contributed by atoms with van der Waals surface area (Å²) in [7, 11) is -0.541. The third-order valence-corrected chi connectivity index (χ3v) is 7.78. The second kappa shape index (κ2) is 7.58. The SMILES string of the molecule is C1=CC(c2ccc(P(c3ccccc3)c3ccccc3)cc2)c2ccccc21. The first-order chi connectivity index (χ1) is 13.9. The van der Waals surface area contributed by atoms with Gasteiger partial charge in [0.05, 0.1) is 0 Å². The van der Waals surface area contributed by atoms with E-state index in [-0.39, 0.29) is 0 Å². The van der Waals surface area contributed by atoms with Gasteiger partial charge in [-0.2, -0.15) is 0 Å². The van der Waals surface area contributed by atoms with Crippen LogP contribution in [0.3, 0.4) is 0 Å². The van der Waals surface area contributed by atoms with Crippen molar-refractivity contribution in [3.63, 3.8) is 0 Å². The van der Waals surface area contributed by atoms with Gasteiger partial charge in [-0.1, -0.05) is 121 Å². The highest BCUT2D eigenvalue weighted by molar-refractivity contribution is 7.79. The van der Waals surface area contributed by atoms with Gasteiger partial charge in [0.1, 0.15) is 0 Å². The minimum Gasteiger partial charge on any atom is -0.0720 e. The lowest BCUT2D eigenvalue weighted by molar-refractivity contribution is 1.05. The number of allylic oxidation sites excluding steroid dienone is 1. The van der Waals surface area contributed by atoms with Crippen molar-refractivity contribution in [2.24, 2.45) is 0 Å². The summed E-state index contributed by atoms with van der Waals surface area (Å²) < 4.78 is 0. The van der Waals surface area contributed by atoms with E-state index in [1.54, 1.807) is 0 Å². The van der Waals surface area contributed by atoms with Crippen molar-refractivity contribution in [2.45, 2.75) is 5.92 Å². The normalized spacial score (nSPS) is 15.0. The molecule has 1 atom stereocenters. The smallest absolute Gasteiger partial charge is 0.0278 e. The highest BCUT2D eigenvalue weighted by Crippen LogP contribution is 2.37. The highest BCUT2D eigenvalue weighted by Gasteiger charge is 2.20. The van der Waals surface area contributed by atoms with Crippen molar-refractivity contribution in [1.82, 2.24) is 0 Å². The molecule has 0 nitrogen and oxygen atoms in total. The Morgan fingerprint density at radius 1 is 0.500 bits per heavy atom. The maximum Gasteiger partial charge on any atom is 0.0278 e. The monoisotopic (exact) mass is 376 g/mol. The van der Waals surface area contributed by atoms with Gasteiger partial charge in [0.2, 0.25) is 0 Å². The van der Waals surface area contributed by atoms with Crippen molar-refractivity contribution < 1.29 is 0 Å².